The van der Waals surface area contributed by atoms with Crippen LogP contribution in [0.1, 0.15) is 10.4 Å². The van der Waals surface area contributed by atoms with E-state index in [2.05, 4.69) is 20.6 Å². The van der Waals surface area contributed by atoms with Gasteiger partial charge in [0.25, 0.3) is 5.91 Å². The van der Waals surface area contributed by atoms with Gasteiger partial charge in [0.15, 0.2) is 6.29 Å². The number of rotatable bonds is 3. The molecule has 124 valence electrons. The first-order valence-corrected chi connectivity index (χ1v) is 8.07. The van der Waals surface area contributed by atoms with E-state index in [1.54, 1.807) is 41.7 Å². The van der Waals surface area contributed by atoms with Crippen LogP contribution in [-0.2, 0) is 0 Å². The van der Waals surface area contributed by atoms with Crippen LogP contribution in [0, 0.1) is 0 Å². The highest BCUT2D eigenvalue weighted by atomic mass is 35.5. The number of carbonyl (C=O) groups excluding carboxylic acids is 1. The van der Waals surface area contributed by atoms with Gasteiger partial charge >= 0.3 is 0 Å². The Morgan fingerprint density at radius 2 is 1.96 bits per heavy atom. The largest absolute Gasteiger partial charge is 0.347 e. The van der Waals surface area contributed by atoms with Gasteiger partial charge in [0.1, 0.15) is 5.82 Å². The molecule has 1 amide bonds. The summed E-state index contributed by atoms with van der Waals surface area (Å²) in [4.78, 5) is 23.0. The highest BCUT2D eigenvalue weighted by molar-refractivity contribution is 6.31. The molecule has 25 heavy (non-hydrogen) atoms. The van der Waals surface area contributed by atoms with Crippen molar-refractivity contribution in [3.05, 3.63) is 77.7 Å². The average Bonchev–Trinajstić information content (AvgIpc) is 2.64. The molecule has 2 aromatic carbocycles. The minimum absolute atomic E-state index is 0.149. The molecule has 0 aliphatic carbocycles. The fourth-order valence-corrected chi connectivity index (χ4v) is 2.92. The Kier molecular flexibility index (Phi) is 3.95. The quantitative estimate of drug-likeness (QED) is 0.754. The number of benzene rings is 2. The van der Waals surface area contributed by atoms with Crippen LogP contribution in [0.3, 0.4) is 0 Å². The SMILES string of the molecule is O=C1c2cc(Cl)ccc2NC(Nc2cnccn2)N1c1ccccc1. The van der Waals surface area contributed by atoms with Crippen molar-refractivity contribution in [2.75, 3.05) is 15.5 Å². The number of para-hydroxylation sites is 1. The van der Waals surface area contributed by atoms with Crippen molar-refractivity contribution >= 4 is 34.7 Å². The van der Waals surface area contributed by atoms with Crippen molar-refractivity contribution in [3.63, 3.8) is 0 Å². The smallest absolute Gasteiger partial charge is 0.263 e. The van der Waals surface area contributed by atoms with E-state index < -0.39 is 6.29 Å². The molecule has 0 fully saturated rings. The van der Waals surface area contributed by atoms with Crippen molar-refractivity contribution in [1.82, 2.24) is 9.97 Å². The van der Waals surface area contributed by atoms with E-state index in [9.17, 15) is 4.79 Å². The molecule has 6 nitrogen and oxygen atoms in total. The predicted octanol–water partition coefficient (Wildman–Crippen LogP) is 3.60. The van der Waals surface area contributed by atoms with Gasteiger partial charge in [0, 0.05) is 23.1 Å². The Labute approximate surface area is 149 Å². The lowest BCUT2D eigenvalue weighted by atomic mass is 10.1. The molecule has 0 saturated heterocycles. The lowest BCUT2D eigenvalue weighted by Crippen LogP contribution is -2.53. The normalized spacial score (nSPS) is 16.1. The molecule has 2 heterocycles. The van der Waals surface area contributed by atoms with Crippen molar-refractivity contribution in [1.29, 1.82) is 0 Å². The van der Waals surface area contributed by atoms with Crippen molar-refractivity contribution in [3.8, 4) is 0 Å². The zero-order chi connectivity index (χ0) is 17.2. The first-order valence-electron chi connectivity index (χ1n) is 7.69. The van der Waals surface area contributed by atoms with Crippen LogP contribution in [-0.4, -0.2) is 22.2 Å². The molecule has 7 heteroatoms. The number of hydrogen-bond acceptors (Lipinski definition) is 5. The standard InChI is InChI=1S/C18H14ClN5O/c19-12-6-7-15-14(10-12)17(25)24(13-4-2-1-3-5-13)18(22-15)23-16-11-20-8-9-21-16/h1-11,18,22H,(H,21,23). The molecule has 0 saturated carbocycles. The third-order valence-electron chi connectivity index (χ3n) is 3.86. The number of nitrogens with one attached hydrogen (secondary N) is 2. The Morgan fingerprint density at radius 3 is 2.72 bits per heavy atom. The number of anilines is 3. The number of aromatic nitrogens is 2. The average molecular weight is 352 g/mol. The summed E-state index contributed by atoms with van der Waals surface area (Å²) in [6.45, 7) is 0. The van der Waals surface area contributed by atoms with Gasteiger partial charge < -0.3 is 10.6 Å². The predicted molar refractivity (Wildman–Crippen MR) is 97.8 cm³/mol. The monoisotopic (exact) mass is 351 g/mol. The summed E-state index contributed by atoms with van der Waals surface area (Å²) in [5.74, 6) is 0.412. The molecule has 1 aliphatic rings. The molecule has 1 aromatic heterocycles. The fourth-order valence-electron chi connectivity index (χ4n) is 2.75. The van der Waals surface area contributed by atoms with Crippen LogP contribution < -0.4 is 15.5 Å². The summed E-state index contributed by atoms with van der Waals surface area (Å²) >= 11 is 6.07. The summed E-state index contributed by atoms with van der Waals surface area (Å²) in [7, 11) is 0. The number of nitrogens with zero attached hydrogens (tertiary/aromatic N) is 3. The minimum Gasteiger partial charge on any atom is -0.347 e. The second kappa shape index (κ2) is 6.41. The zero-order valence-electron chi connectivity index (χ0n) is 13.1. The minimum atomic E-state index is -0.514. The summed E-state index contributed by atoms with van der Waals surface area (Å²) in [6, 6.07) is 14.6. The van der Waals surface area contributed by atoms with Gasteiger partial charge in [-0.15, -0.1) is 0 Å². The molecule has 1 aliphatic heterocycles. The van der Waals surface area contributed by atoms with Crippen LogP contribution in [0.5, 0.6) is 0 Å². The van der Waals surface area contributed by atoms with Crippen molar-refractivity contribution in [2.45, 2.75) is 6.29 Å². The highest BCUT2D eigenvalue weighted by Gasteiger charge is 2.33. The summed E-state index contributed by atoms with van der Waals surface area (Å²) in [6.07, 6.45) is 4.28. The molecule has 0 radical (unpaired) electrons. The lowest BCUT2D eigenvalue weighted by molar-refractivity contribution is 0.0978. The van der Waals surface area contributed by atoms with Gasteiger partial charge in [-0.2, -0.15) is 0 Å². The molecule has 1 unspecified atom stereocenters. The Morgan fingerprint density at radius 1 is 1.12 bits per heavy atom. The van der Waals surface area contributed by atoms with E-state index in [1.165, 1.54) is 0 Å². The Hall–Kier alpha value is -3.12. The van der Waals surface area contributed by atoms with Gasteiger partial charge in [0.05, 0.1) is 17.4 Å². The number of fused-ring (bicyclic) bond motifs is 1. The molecule has 0 spiro atoms. The third kappa shape index (κ3) is 2.99. The number of carbonyl (C=O) groups is 1. The van der Waals surface area contributed by atoms with E-state index in [1.807, 2.05) is 30.3 Å². The maximum Gasteiger partial charge on any atom is 0.263 e. The number of amides is 1. The molecular weight excluding hydrogens is 338 g/mol. The highest BCUT2D eigenvalue weighted by Crippen LogP contribution is 2.31. The first-order chi connectivity index (χ1) is 12.2. The molecule has 2 N–H and O–H groups in total. The van der Waals surface area contributed by atoms with E-state index >= 15 is 0 Å². The van der Waals surface area contributed by atoms with Crippen LogP contribution in [0.25, 0.3) is 0 Å². The zero-order valence-corrected chi connectivity index (χ0v) is 13.8. The third-order valence-corrected chi connectivity index (χ3v) is 4.10. The van der Waals surface area contributed by atoms with Gasteiger partial charge in [-0.25, -0.2) is 4.98 Å². The summed E-state index contributed by atoms with van der Waals surface area (Å²) < 4.78 is 0. The first kappa shape index (κ1) is 15.4. The Bertz CT molecular complexity index is 904. The lowest BCUT2D eigenvalue weighted by Gasteiger charge is -2.38. The molecule has 0 bridgehead atoms. The van der Waals surface area contributed by atoms with E-state index in [0.29, 0.717) is 22.1 Å². The van der Waals surface area contributed by atoms with E-state index in [0.717, 1.165) is 5.69 Å². The van der Waals surface area contributed by atoms with Gasteiger partial charge in [-0.1, -0.05) is 29.8 Å². The molecular formula is C18H14ClN5O. The van der Waals surface area contributed by atoms with Crippen LogP contribution >= 0.6 is 11.6 Å². The summed E-state index contributed by atoms with van der Waals surface area (Å²) in [5, 5.41) is 7.04. The van der Waals surface area contributed by atoms with Crippen molar-refractivity contribution < 1.29 is 4.79 Å². The van der Waals surface area contributed by atoms with Gasteiger partial charge in [-0.3, -0.25) is 14.7 Å². The molecule has 1 atom stereocenters. The van der Waals surface area contributed by atoms with Gasteiger partial charge in [-0.05, 0) is 30.3 Å². The van der Waals surface area contributed by atoms with E-state index in [4.69, 9.17) is 11.6 Å². The summed E-state index contributed by atoms with van der Waals surface area (Å²) in [5.41, 5.74) is 1.99. The second-order valence-corrected chi connectivity index (χ2v) is 5.92. The van der Waals surface area contributed by atoms with Crippen LogP contribution in [0.4, 0.5) is 17.2 Å². The van der Waals surface area contributed by atoms with Crippen molar-refractivity contribution in [2.24, 2.45) is 0 Å². The van der Waals surface area contributed by atoms with Crippen LogP contribution in [0.15, 0.2) is 67.1 Å². The maximum atomic E-state index is 13.1. The van der Waals surface area contributed by atoms with E-state index in [-0.39, 0.29) is 5.91 Å². The number of halogens is 1. The maximum absolute atomic E-state index is 13.1. The van der Waals surface area contributed by atoms with Gasteiger partial charge in [0.2, 0.25) is 0 Å². The Balaban J connectivity index is 1.77. The molecule has 3 aromatic rings. The number of hydrogen-bond donors (Lipinski definition) is 2. The second-order valence-electron chi connectivity index (χ2n) is 5.48. The molecule has 4 rings (SSSR count). The van der Waals surface area contributed by atoms with Crippen LogP contribution in [0.2, 0.25) is 5.02 Å². The fraction of sp³-hybridized carbons (Fsp3) is 0.0556. The topological polar surface area (TPSA) is 70.1 Å².